The lowest BCUT2D eigenvalue weighted by Gasteiger charge is -2.06. The molecule has 2 aromatic carbocycles. The van der Waals surface area contributed by atoms with E-state index in [-0.39, 0.29) is 5.91 Å². The number of fused-ring (bicyclic) bond motifs is 1. The highest BCUT2D eigenvalue weighted by Gasteiger charge is 2.07. The SMILES string of the molecule is O=C(CCCn1nnc(-c2ccccc2)n1)Nc1ccc2oc(=O)ccc2c1. The molecule has 0 spiro atoms. The maximum atomic E-state index is 12.2. The Balaban J connectivity index is 1.31. The van der Waals surface area contributed by atoms with Gasteiger partial charge in [-0.05, 0) is 35.9 Å². The van der Waals surface area contributed by atoms with Gasteiger partial charge in [-0.25, -0.2) is 4.79 Å². The number of nitrogens with zero attached hydrogens (tertiary/aromatic N) is 4. The van der Waals surface area contributed by atoms with Gasteiger partial charge in [-0.2, -0.15) is 4.80 Å². The second-order valence-electron chi connectivity index (χ2n) is 6.23. The first-order valence-corrected chi connectivity index (χ1v) is 8.84. The summed E-state index contributed by atoms with van der Waals surface area (Å²) in [6, 6.07) is 17.7. The number of amides is 1. The molecule has 1 amide bonds. The van der Waals surface area contributed by atoms with E-state index in [1.54, 1.807) is 24.3 Å². The maximum Gasteiger partial charge on any atom is 0.336 e. The van der Waals surface area contributed by atoms with Gasteiger partial charge in [-0.1, -0.05) is 30.3 Å². The van der Waals surface area contributed by atoms with Crippen molar-refractivity contribution >= 4 is 22.6 Å². The van der Waals surface area contributed by atoms with Crippen LogP contribution in [0.4, 0.5) is 5.69 Å². The van der Waals surface area contributed by atoms with E-state index in [0.29, 0.717) is 36.5 Å². The van der Waals surface area contributed by atoms with Crippen molar-refractivity contribution in [3.63, 3.8) is 0 Å². The molecule has 0 fully saturated rings. The van der Waals surface area contributed by atoms with Gasteiger partial charge in [-0.15, -0.1) is 10.2 Å². The number of anilines is 1. The van der Waals surface area contributed by atoms with E-state index in [2.05, 4.69) is 20.7 Å². The monoisotopic (exact) mass is 375 g/mol. The lowest BCUT2D eigenvalue weighted by molar-refractivity contribution is -0.116. The number of hydrogen-bond donors (Lipinski definition) is 1. The molecule has 28 heavy (non-hydrogen) atoms. The average Bonchev–Trinajstić information content (AvgIpc) is 3.18. The normalized spacial score (nSPS) is 10.9. The first-order chi connectivity index (χ1) is 13.7. The van der Waals surface area contributed by atoms with Crippen LogP contribution in [-0.2, 0) is 11.3 Å². The predicted molar refractivity (Wildman–Crippen MR) is 104 cm³/mol. The van der Waals surface area contributed by atoms with Gasteiger partial charge < -0.3 is 9.73 Å². The molecule has 0 radical (unpaired) electrons. The third-order valence-corrected chi connectivity index (χ3v) is 4.15. The van der Waals surface area contributed by atoms with Crippen molar-refractivity contribution in [1.82, 2.24) is 20.2 Å². The number of tetrazole rings is 1. The van der Waals surface area contributed by atoms with E-state index in [1.807, 2.05) is 30.3 Å². The number of aromatic nitrogens is 4. The van der Waals surface area contributed by atoms with Crippen LogP contribution in [0.25, 0.3) is 22.4 Å². The molecule has 0 bridgehead atoms. The topological polar surface area (TPSA) is 103 Å². The number of benzene rings is 2. The van der Waals surface area contributed by atoms with E-state index in [9.17, 15) is 9.59 Å². The van der Waals surface area contributed by atoms with Crippen molar-refractivity contribution < 1.29 is 9.21 Å². The summed E-state index contributed by atoms with van der Waals surface area (Å²) in [5, 5.41) is 16.0. The molecular weight excluding hydrogens is 358 g/mol. The standard InChI is InChI=1S/C20H17N5O3/c26-18(21-16-9-10-17-15(13-16)8-11-19(27)28-17)7-4-12-25-23-20(22-24-25)14-5-2-1-3-6-14/h1-3,5-6,8-11,13H,4,7,12H2,(H,21,26). The number of carbonyl (C=O) groups is 1. The van der Waals surface area contributed by atoms with Crippen LogP contribution < -0.4 is 10.9 Å². The maximum absolute atomic E-state index is 12.2. The van der Waals surface area contributed by atoms with E-state index in [0.717, 1.165) is 10.9 Å². The van der Waals surface area contributed by atoms with Gasteiger partial charge >= 0.3 is 5.63 Å². The summed E-state index contributed by atoms with van der Waals surface area (Å²) in [7, 11) is 0. The largest absolute Gasteiger partial charge is 0.423 e. The van der Waals surface area contributed by atoms with Crippen molar-refractivity contribution in [2.45, 2.75) is 19.4 Å². The lowest BCUT2D eigenvalue weighted by Crippen LogP contribution is -2.13. The Morgan fingerprint density at radius 2 is 1.93 bits per heavy atom. The zero-order chi connectivity index (χ0) is 19.3. The molecule has 4 rings (SSSR count). The molecule has 2 heterocycles. The molecule has 0 atom stereocenters. The Labute approximate surface area is 159 Å². The van der Waals surface area contributed by atoms with Gasteiger partial charge in [0.05, 0.1) is 6.54 Å². The van der Waals surface area contributed by atoms with Crippen LogP contribution in [-0.4, -0.2) is 26.1 Å². The van der Waals surface area contributed by atoms with Crippen LogP contribution in [0.1, 0.15) is 12.8 Å². The number of nitrogens with one attached hydrogen (secondary N) is 1. The van der Waals surface area contributed by atoms with Crippen LogP contribution in [0.3, 0.4) is 0 Å². The van der Waals surface area contributed by atoms with Crippen molar-refractivity contribution in [1.29, 1.82) is 0 Å². The highest BCUT2D eigenvalue weighted by atomic mass is 16.4. The summed E-state index contributed by atoms with van der Waals surface area (Å²) in [6.07, 6.45) is 0.906. The molecule has 140 valence electrons. The first-order valence-electron chi connectivity index (χ1n) is 8.84. The minimum Gasteiger partial charge on any atom is -0.423 e. The van der Waals surface area contributed by atoms with Gasteiger partial charge in [0.2, 0.25) is 11.7 Å². The van der Waals surface area contributed by atoms with Gasteiger partial charge in [0.25, 0.3) is 0 Å². The molecule has 8 nitrogen and oxygen atoms in total. The van der Waals surface area contributed by atoms with Crippen LogP contribution in [0.15, 0.2) is 69.9 Å². The fourth-order valence-electron chi connectivity index (χ4n) is 2.79. The summed E-state index contributed by atoms with van der Waals surface area (Å²) in [4.78, 5) is 24.9. The summed E-state index contributed by atoms with van der Waals surface area (Å²) >= 11 is 0. The molecule has 0 aliphatic heterocycles. The minimum absolute atomic E-state index is 0.111. The summed E-state index contributed by atoms with van der Waals surface area (Å²) in [6.45, 7) is 0.496. The Morgan fingerprint density at radius 1 is 1.07 bits per heavy atom. The van der Waals surface area contributed by atoms with Crippen molar-refractivity contribution in [2.75, 3.05) is 5.32 Å². The zero-order valence-corrected chi connectivity index (χ0v) is 14.9. The van der Waals surface area contributed by atoms with Crippen molar-refractivity contribution in [3.05, 3.63) is 71.1 Å². The molecule has 0 unspecified atom stereocenters. The van der Waals surface area contributed by atoms with Crippen molar-refractivity contribution in [2.24, 2.45) is 0 Å². The van der Waals surface area contributed by atoms with E-state index >= 15 is 0 Å². The fourth-order valence-corrected chi connectivity index (χ4v) is 2.79. The van der Waals surface area contributed by atoms with E-state index < -0.39 is 5.63 Å². The summed E-state index contributed by atoms with van der Waals surface area (Å²) in [5.74, 6) is 0.452. The third kappa shape index (κ3) is 4.12. The smallest absolute Gasteiger partial charge is 0.336 e. The molecule has 4 aromatic rings. The molecule has 0 aliphatic carbocycles. The highest BCUT2D eigenvalue weighted by Crippen LogP contribution is 2.18. The lowest BCUT2D eigenvalue weighted by atomic mass is 10.2. The Kier molecular flexibility index (Phi) is 4.92. The molecule has 2 aromatic heterocycles. The fraction of sp³-hybridized carbons (Fsp3) is 0.150. The van der Waals surface area contributed by atoms with Crippen LogP contribution in [0.2, 0.25) is 0 Å². The van der Waals surface area contributed by atoms with Gasteiger partial charge in [0.1, 0.15) is 5.58 Å². The predicted octanol–water partition coefficient (Wildman–Crippen LogP) is 2.87. The number of carbonyl (C=O) groups excluding carboxylic acids is 1. The van der Waals surface area contributed by atoms with Crippen LogP contribution in [0.5, 0.6) is 0 Å². The van der Waals surface area contributed by atoms with E-state index in [1.165, 1.54) is 10.9 Å². The van der Waals surface area contributed by atoms with Crippen LogP contribution in [0, 0.1) is 0 Å². The molecular formula is C20H17N5O3. The van der Waals surface area contributed by atoms with Crippen LogP contribution >= 0.6 is 0 Å². The highest BCUT2D eigenvalue weighted by molar-refractivity contribution is 5.93. The molecule has 0 aliphatic rings. The second kappa shape index (κ2) is 7.83. The molecule has 0 saturated carbocycles. The van der Waals surface area contributed by atoms with E-state index in [4.69, 9.17) is 4.42 Å². The van der Waals surface area contributed by atoms with Gasteiger partial charge in [0.15, 0.2) is 0 Å². The number of aryl methyl sites for hydroxylation is 1. The first kappa shape index (κ1) is 17.6. The number of hydrogen-bond acceptors (Lipinski definition) is 6. The second-order valence-corrected chi connectivity index (χ2v) is 6.23. The number of rotatable bonds is 6. The Bertz CT molecular complexity index is 1170. The zero-order valence-electron chi connectivity index (χ0n) is 14.9. The Morgan fingerprint density at radius 3 is 2.79 bits per heavy atom. The summed E-state index contributed by atoms with van der Waals surface area (Å²) < 4.78 is 5.08. The third-order valence-electron chi connectivity index (χ3n) is 4.15. The quantitative estimate of drug-likeness (QED) is 0.520. The van der Waals surface area contributed by atoms with Gasteiger partial charge in [-0.3, -0.25) is 4.79 Å². The molecule has 0 saturated heterocycles. The molecule has 1 N–H and O–H groups in total. The molecule has 8 heteroatoms. The van der Waals surface area contributed by atoms with Gasteiger partial charge in [0, 0.05) is 29.1 Å². The summed E-state index contributed by atoms with van der Waals surface area (Å²) in [5.41, 5.74) is 1.63. The average molecular weight is 375 g/mol. The minimum atomic E-state index is -0.401. The van der Waals surface area contributed by atoms with Crippen molar-refractivity contribution in [3.8, 4) is 11.4 Å². The Hall–Kier alpha value is -3.81.